The van der Waals surface area contributed by atoms with Crippen molar-refractivity contribution in [3.63, 3.8) is 0 Å². The van der Waals surface area contributed by atoms with E-state index in [4.69, 9.17) is 14.9 Å². The molecule has 33 heavy (non-hydrogen) atoms. The fourth-order valence-electron chi connectivity index (χ4n) is 4.50. The minimum Gasteiger partial charge on any atom is -0.497 e. The number of amides is 1. The first-order chi connectivity index (χ1) is 15.8. The molecule has 3 N–H and O–H groups in total. The molecule has 8 heteroatoms. The lowest BCUT2D eigenvalue weighted by atomic mass is 9.90. The molecule has 1 saturated heterocycles. The number of Topliss-reactive ketones (excluding diaryl/α,β-unsaturated/α-hetero) is 1. The fraction of sp³-hybridized carbons (Fsp3) is 0.320. The van der Waals surface area contributed by atoms with Crippen LogP contribution in [0.3, 0.4) is 0 Å². The van der Waals surface area contributed by atoms with Crippen LogP contribution in [0.15, 0.2) is 53.7 Å². The molecular formula is C25H28N4O4. The summed E-state index contributed by atoms with van der Waals surface area (Å²) >= 11 is 0. The van der Waals surface area contributed by atoms with Gasteiger partial charge in [0.25, 0.3) is 0 Å². The first-order valence-corrected chi connectivity index (χ1v) is 10.8. The van der Waals surface area contributed by atoms with Gasteiger partial charge < -0.3 is 25.0 Å². The van der Waals surface area contributed by atoms with Gasteiger partial charge in [-0.25, -0.2) is 0 Å². The number of methoxy groups -OCH3 is 2. The topological polar surface area (TPSA) is 104 Å². The van der Waals surface area contributed by atoms with E-state index in [0.29, 0.717) is 47.8 Å². The Morgan fingerprint density at radius 2 is 1.85 bits per heavy atom. The summed E-state index contributed by atoms with van der Waals surface area (Å²) in [5, 5.41) is 15.2. The van der Waals surface area contributed by atoms with E-state index in [9.17, 15) is 9.59 Å². The second-order valence-electron chi connectivity index (χ2n) is 8.40. The van der Waals surface area contributed by atoms with Crippen molar-refractivity contribution in [1.29, 1.82) is 5.41 Å². The average molecular weight is 449 g/mol. The highest BCUT2D eigenvalue weighted by molar-refractivity contribution is 6.36. The van der Waals surface area contributed by atoms with Crippen LogP contribution in [-0.4, -0.2) is 43.8 Å². The molecule has 0 radical (unpaired) electrons. The Labute approximate surface area is 193 Å². The van der Waals surface area contributed by atoms with Gasteiger partial charge in [0.2, 0.25) is 5.91 Å². The largest absolute Gasteiger partial charge is 0.497 e. The second kappa shape index (κ2) is 8.61. The van der Waals surface area contributed by atoms with E-state index in [2.05, 4.69) is 10.6 Å². The van der Waals surface area contributed by atoms with Crippen LogP contribution in [0, 0.1) is 5.41 Å². The van der Waals surface area contributed by atoms with Gasteiger partial charge in [0.15, 0.2) is 5.78 Å². The Balaban J connectivity index is 1.81. The Morgan fingerprint density at radius 3 is 2.45 bits per heavy atom. The third kappa shape index (κ3) is 3.92. The Kier molecular flexibility index (Phi) is 5.84. The van der Waals surface area contributed by atoms with E-state index in [1.807, 2.05) is 31.2 Å². The van der Waals surface area contributed by atoms with Crippen LogP contribution >= 0.6 is 0 Å². The number of anilines is 2. The van der Waals surface area contributed by atoms with E-state index >= 15 is 0 Å². The van der Waals surface area contributed by atoms with Crippen LogP contribution in [0.2, 0.25) is 0 Å². The molecule has 1 fully saturated rings. The fourth-order valence-corrected chi connectivity index (χ4v) is 4.50. The van der Waals surface area contributed by atoms with Gasteiger partial charge in [-0.1, -0.05) is 18.2 Å². The van der Waals surface area contributed by atoms with Crippen LogP contribution in [0.1, 0.15) is 25.8 Å². The maximum atomic E-state index is 13.9. The maximum Gasteiger partial charge on any atom is 0.216 e. The summed E-state index contributed by atoms with van der Waals surface area (Å²) in [7, 11) is 3.12. The van der Waals surface area contributed by atoms with Gasteiger partial charge in [-0.3, -0.25) is 15.0 Å². The first-order valence-electron chi connectivity index (χ1n) is 10.8. The number of nitrogens with zero attached hydrogens (tertiary/aromatic N) is 1. The molecule has 172 valence electrons. The minimum absolute atomic E-state index is 0.107. The Bertz CT molecular complexity index is 1120. The highest BCUT2D eigenvalue weighted by Crippen LogP contribution is 2.43. The summed E-state index contributed by atoms with van der Waals surface area (Å²) < 4.78 is 10.9. The number of ether oxygens (including phenoxy) is 2. The van der Waals surface area contributed by atoms with Crippen molar-refractivity contribution in [3.8, 4) is 11.5 Å². The quantitative estimate of drug-likeness (QED) is 0.586. The molecule has 2 aliphatic heterocycles. The second-order valence-corrected chi connectivity index (χ2v) is 8.40. The number of hydrogen-bond acceptors (Lipinski definition) is 6. The third-order valence-electron chi connectivity index (χ3n) is 6.22. The molecule has 8 nitrogen and oxygen atoms in total. The molecule has 2 aromatic carbocycles. The number of ketones is 1. The normalized spacial score (nSPS) is 21.6. The Hall–Kier alpha value is -3.81. The smallest absolute Gasteiger partial charge is 0.216 e. The molecule has 0 aliphatic carbocycles. The van der Waals surface area contributed by atoms with E-state index in [0.717, 1.165) is 11.3 Å². The van der Waals surface area contributed by atoms with E-state index in [-0.39, 0.29) is 17.5 Å². The lowest BCUT2D eigenvalue weighted by Crippen LogP contribution is -2.49. The van der Waals surface area contributed by atoms with Gasteiger partial charge in [0, 0.05) is 49.5 Å². The first kappa shape index (κ1) is 22.4. The van der Waals surface area contributed by atoms with Crippen LogP contribution < -0.4 is 25.0 Å². The number of allylic oxidation sites excluding steroid dienone is 1. The zero-order valence-electron chi connectivity index (χ0n) is 19.2. The number of nitrogens with one attached hydrogen (secondary N) is 3. The molecule has 0 aromatic heterocycles. The molecule has 0 saturated carbocycles. The number of carbonyl (C=O) groups is 2. The van der Waals surface area contributed by atoms with Crippen molar-refractivity contribution in [3.05, 3.63) is 59.3 Å². The summed E-state index contributed by atoms with van der Waals surface area (Å²) in [6.07, 6.45) is 0.883. The lowest BCUT2D eigenvalue weighted by molar-refractivity contribution is -0.120. The molecule has 2 aromatic rings. The lowest BCUT2D eigenvalue weighted by Gasteiger charge is -2.35. The third-order valence-corrected chi connectivity index (χ3v) is 6.22. The molecule has 0 spiro atoms. The van der Waals surface area contributed by atoms with Gasteiger partial charge in [0.05, 0.1) is 25.5 Å². The summed E-state index contributed by atoms with van der Waals surface area (Å²) in [4.78, 5) is 27.1. The maximum absolute atomic E-state index is 13.9. The number of para-hydroxylation sites is 1. The highest BCUT2D eigenvalue weighted by atomic mass is 16.5. The standard InChI is InChI=1S/C25H28N4O4/c1-15(30)27-10-9-25(2)23(31)22(21-11-16-7-5-6-8-20(16)28-21)24(26)29(25)17-12-18(32-3)14-19(13-17)33-4/h5-8,12-14,26,28H,9-11H2,1-4H3,(H,27,30)/t25-/m1/s1. The van der Waals surface area contributed by atoms with Gasteiger partial charge in [-0.2, -0.15) is 0 Å². The molecule has 0 bridgehead atoms. The number of benzene rings is 2. The van der Waals surface area contributed by atoms with Gasteiger partial charge in [0.1, 0.15) is 22.9 Å². The van der Waals surface area contributed by atoms with Crippen molar-refractivity contribution >= 4 is 28.9 Å². The predicted octanol–water partition coefficient (Wildman–Crippen LogP) is 3.28. The van der Waals surface area contributed by atoms with Crippen LogP contribution in [-0.2, 0) is 16.0 Å². The summed E-state index contributed by atoms with van der Waals surface area (Å²) in [5.41, 5.74) is 2.65. The molecule has 2 aliphatic rings. The van der Waals surface area contributed by atoms with E-state index in [1.54, 1.807) is 37.3 Å². The number of fused-ring (bicyclic) bond motifs is 1. The van der Waals surface area contributed by atoms with Crippen LogP contribution in [0.5, 0.6) is 11.5 Å². The predicted molar refractivity (Wildman–Crippen MR) is 127 cm³/mol. The summed E-state index contributed by atoms with van der Waals surface area (Å²) in [6.45, 7) is 3.56. The van der Waals surface area contributed by atoms with Crippen molar-refractivity contribution < 1.29 is 19.1 Å². The van der Waals surface area contributed by atoms with Gasteiger partial charge in [-0.15, -0.1) is 0 Å². The van der Waals surface area contributed by atoms with Crippen molar-refractivity contribution in [2.75, 3.05) is 31.0 Å². The minimum atomic E-state index is -1.07. The van der Waals surface area contributed by atoms with Gasteiger partial charge in [-0.05, 0) is 25.0 Å². The van der Waals surface area contributed by atoms with E-state index in [1.165, 1.54) is 6.92 Å². The SMILES string of the molecule is COc1cc(OC)cc(N2C(=N)C(=C3Cc4ccccc4N3)C(=O)[C@@]2(C)CCNC(C)=O)c1. The molecule has 4 rings (SSSR count). The van der Waals surface area contributed by atoms with Crippen LogP contribution in [0.25, 0.3) is 0 Å². The van der Waals surface area contributed by atoms with Crippen molar-refractivity contribution in [2.24, 2.45) is 0 Å². The molecule has 0 unspecified atom stereocenters. The van der Waals surface area contributed by atoms with Gasteiger partial charge >= 0.3 is 0 Å². The summed E-state index contributed by atoms with van der Waals surface area (Å²) in [5.74, 6) is 0.897. The molecule has 2 heterocycles. The van der Waals surface area contributed by atoms with Crippen molar-refractivity contribution in [1.82, 2.24) is 5.32 Å². The number of amidine groups is 1. The number of rotatable bonds is 6. The zero-order chi connectivity index (χ0) is 23.8. The average Bonchev–Trinajstić information content (AvgIpc) is 3.29. The number of hydrogen-bond donors (Lipinski definition) is 3. The zero-order valence-corrected chi connectivity index (χ0v) is 19.2. The molecular weight excluding hydrogens is 420 g/mol. The van der Waals surface area contributed by atoms with E-state index < -0.39 is 5.54 Å². The number of carbonyl (C=O) groups excluding carboxylic acids is 2. The molecule has 1 amide bonds. The molecule has 1 atom stereocenters. The Morgan fingerprint density at radius 1 is 1.18 bits per heavy atom. The summed E-state index contributed by atoms with van der Waals surface area (Å²) in [6, 6.07) is 13.2. The van der Waals surface area contributed by atoms with Crippen molar-refractivity contribution in [2.45, 2.75) is 32.2 Å². The van der Waals surface area contributed by atoms with Crippen LogP contribution in [0.4, 0.5) is 11.4 Å². The monoisotopic (exact) mass is 448 g/mol. The highest BCUT2D eigenvalue weighted by Gasteiger charge is 2.52.